The van der Waals surface area contributed by atoms with Crippen LogP contribution < -0.4 is 0 Å². The second-order valence-electron chi connectivity index (χ2n) is 4.53. The number of fused-ring (bicyclic) bond motifs is 1. The third-order valence-electron chi connectivity index (χ3n) is 3.45. The molecule has 0 aromatic rings. The first-order valence-electron chi connectivity index (χ1n) is 4.86. The number of aliphatic hydroxyl groups excluding tert-OH is 1. The van der Waals surface area contributed by atoms with Crippen LogP contribution in [-0.2, 0) is 0 Å². The minimum Gasteiger partial charge on any atom is -0.508 e. The third-order valence-corrected chi connectivity index (χ3v) is 3.45. The molecule has 2 aliphatic carbocycles. The monoisotopic (exact) mass is 176 g/mol. The van der Waals surface area contributed by atoms with Crippen LogP contribution in [0, 0.1) is 11.3 Å². The number of hydrogen-bond donors (Lipinski definition) is 1. The quantitative estimate of drug-likeness (QED) is 0.600. The van der Waals surface area contributed by atoms with Crippen LogP contribution in [0.4, 0.5) is 0 Å². The molecule has 1 unspecified atom stereocenters. The molecule has 0 saturated heterocycles. The summed E-state index contributed by atoms with van der Waals surface area (Å²) < 4.78 is 0. The van der Waals surface area contributed by atoms with Gasteiger partial charge in [0, 0.05) is 5.57 Å². The van der Waals surface area contributed by atoms with E-state index in [1.165, 1.54) is 5.57 Å². The molecule has 2 rings (SSSR count). The first-order chi connectivity index (χ1) is 6.03. The Balaban J connectivity index is 2.48. The van der Waals surface area contributed by atoms with Crippen molar-refractivity contribution >= 4 is 0 Å². The van der Waals surface area contributed by atoms with Crippen molar-refractivity contribution in [3.63, 3.8) is 0 Å². The summed E-state index contributed by atoms with van der Waals surface area (Å²) in [7, 11) is 0. The van der Waals surface area contributed by atoms with Gasteiger partial charge in [0.2, 0.25) is 0 Å². The molecule has 13 heavy (non-hydrogen) atoms. The van der Waals surface area contributed by atoms with Gasteiger partial charge in [0.1, 0.15) is 5.76 Å². The summed E-state index contributed by atoms with van der Waals surface area (Å²) in [5, 5.41) is 9.68. The Hall–Kier alpha value is -0.980. The van der Waals surface area contributed by atoms with Gasteiger partial charge in [-0.3, -0.25) is 0 Å². The lowest BCUT2D eigenvalue weighted by Gasteiger charge is -2.28. The lowest BCUT2D eigenvalue weighted by molar-refractivity contribution is 0.362. The molecular weight excluding hydrogens is 160 g/mol. The van der Waals surface area contributed by atoms with Crippen LogP contribution >= 0.6 is 0 Å². The maximum Gasteiger partial charge on any atom is 0.119 e. The summed E-state index contributed by atoms with van der Waals surface area (Å²) in [6, 6.07) is 0. The lowest BCUT2D eigenvalue weighted by atomic mass is 9.76. The molecule has 2 aliphatic rings. The highest BCUT2D eigenvalue weighted by atomic mass is 16.3. The molecule has 0 bridgehead atoms. The first kappa shape index (κ1) is 8.61. The summed E-state index contributed by atoms with van der Waals surface area (Å²) >= 11 is 0. The molecule has 0 aromatic carbocycles. The fraction of sp³-hybridized carbons (Fsp3) is 0.500. The minimum absolute atomic E-state index is 0.192. The average Bonchev–Trinajstić information content (AvgIpc) is 2.28. The molecule has 0 aromatic heterocycles. The predicted molar refractivity (Wildman–Crippen MR) is 54.4 cm³/mol. The Kier molecular flexibility index (Phi) is 1.66. The lowest BCUT2D eigenvalue weighted by Crippen LogP contribution is -2.18. The highest BCUT2D eigenvalue weighted by molar-refractivity contribution is 5.54. The molecule has 0 saturated carbocycles. The molecule has 1 nitrogen and oxygen atoms in total. The molecule has 1 atom stereocenters. The molecule has 0 radical (unpaired) electrons. The molecule has 0 heterocycles. The van der Waals surface area contributed by atoms with E-state index < -0.39 is 0 Å². The number of allylic oxidation sites excluding steroid dienone is 4. The van der Waals surface area contributed by atoms with Crippen molar-refractivity contribution in [2.75, 3.05) is 0 Å². The maximum absolute atomic E-state index is 9.68. The molecule has 0 amide bonds. The minimum atomic E-state index is 0.192. The normalized spacial score (nSPS) is 30.4. The van der Waals surface area contributed by atoms with E-state index in [4.69, 9.17) is 0 Å². The van der Waals surface area contributed by atoms with Crippen molar-refractivity contribution in [3.05, 3.63) is 35.1 Å². The van der Waals surface area contributed by atoms with E-state index >= 15 is 0 Å². The summed E-state index contributed by atoms with van der Waals surface area (Å²) in [6.45, 7) is 6.69. The molecule has 0 spiro atoms. The zero-order valence-corrected chi connectivity index (χ0v) is 8.46. The average molecular weight is 176 g/mol. The summed E-state index contributed by atoms with van der Waals surface area (Å²) in [6.07, 6.45) is 7.16. The summed E-state index contributed by atoms with van der Waals surface area (Å²) in [5.74, 6) is 0.984. The van der Waals surface area contributed by atoms with Crippen LogP contribution in [0.25, 0.3) is 0 Å². The largest absolute Gasteiger partial charge is 0.508 e. The van der Waals surface area contributed by atoms with Gasteiger partial charge in [-0.05, 0) is 29.4 Å². The number of aliphatic hydroxyl groups is 1. The molecule has 1 N–H and O–H groups in total. The van der Waals surface area contributed by atoms with E-state index in [0.29, 0.717) is 11.7 Å². The van der Waals surface area contributed by atoms with E-state index in [2.05, 4.69) is 32.9 Å². The standard InChI is InChI=1S/C12H16O/c1-8-7-9-10(12(8,2)3)5-4-6-11(9)13/h5-8,13H,4H2,1-3H3. The predicted octanol–water partition coefficient (Wildman–Crippen LogP) is 3.36. The van der Waals surface area contributed by atoms with E-state index in [-0.39, 0.29) is 5.41 Å². The Bertz CT molecular complexity index is 329. The van der Waals surface area contributed by atoms with E-state index in [1.54, 1.807) is 0 Å². The zero-order valence-electron chi connectivity index (χ0n) is 8.46. The van der Waals surface area contributed by atoms with Crippen molar-refractivity contribution in [3.8, 4) is 0 Å². The highest BCUT2D eigenvalue weighted by Crippen LogP contribution is 2.49. The van der Waals surface area contributed by atoms with E-state index in [9.17, 15) is 5.11 Å². The van der Waals surface area contributed by atoms with Gasteiger partial charge in [-0.15, -0.1) is 0 Å². The van der Waals surface area contributed by atoms with Crippen molar-refractivity contribution < 1.29 is 5.11 Å². The molecule has 0 fully saturated rings. The van der Waals surface area contributed by atoms with Gasteiger partial charge in [0.15, 0.2) is 0 Å². The number of hydrogen-bond acceptors (Lipinski definition) is 1. The van der Waals surface area contributed by atoms with Gasteiger partial charge < -0.3 is 5.11 Å². The Labute approximate surface area is 79.5 Å². The second kappa shape index (κ2) is 2.50. The highest BCUT2D eigenvalue weighted by Gasteiger charge is 2.38. The molecule has 0 aliphatic heterocycles. The number of rotatable bonds is 0. The topological polar surface area (TPSA) is 20.2 Å². The summed E-state index contributed by atoms with van der Waals surface area (Å²) in [4.78, 5) is 0. The van der Waals surface area contributed by atoms with Crippen LogP contribution in [-0.4, -0.2) is 5.11 Å². The molecular formula is C12H16O. The van der Waals surface area contributed by atoms with Crippen LogP contribution in [0.15, 0.2) is 35.1 Å². The van der Waals surface area contributed by atoms with Gasteiger partial charge in [-0.2, -0.15) is 0 Å². The first-order valence-corrected chi connectivity index (χ1v) is 4.86. The Morgan fingerprint density at radius 2 is 2.08 bits per heavy atom. The van der Waals surface area contributed by atoms with Crippen LogP contribution in [0.2, 0.25) is 0 Å². The third kappa shape index (κ3) is 1.06. The molecule has 1 heteroatoms. The van der Waals surface area contributed by atoms with Crippen molar-refractivity contribution in [1.82, 2.24) is 0 Å². The van der Waals surface area contributed by atoms with Gasteiger partial charge in [0.25, 0.3) is 0 Å². The van der Waals surface area contributed by atoms with Crippen molar-refractivity contribution in [2.45, 2.75) is 27.2 Å². The van der Waals surface area contributed by atoms with Gasteiger partial charge in [-0.1, -0.05) is 32.9 Å². The van der Waals surface area contributed by atoms with E-state index in [0.717, 1.165) is 12.0 Å². The fourth-order valence-electron chi connectivity index (χ4n) is 2.14. The van der Waals surface area contributed by atoms with Crippen molar-refractivity contribution in [1.29, 1.82) is 0 Å². The Morgan fingerprint density at radius 1 is 1.38 bits per heavy atom. The molecule has 70 valence electrons. The van der Waals surface area contributed by atoms with E-state index in [1.807, 2.05) is 6.08 Å². The SMILES string of the molecule is CC1C=C2C(O)=CCC=C2C1(C)C. The smallest absolute Gasteiger partial charge is 0.119 e. The van der Waals surface area contributed by atoms with Crippen LogP contribution in [0.3, 0.4) is 0 Å². The maximum atomic E-state index is 9.68. The zero-order chi connectivity index (χ0) is 9.64. The van der Waals surface area contributed by atoms with Gasteiger partial charge >= 0.3 is 0 Å². The van der Waals surface area contributed by atoms with Crippen LogP contribution in [0.1, 0.15) is 27.2 Å². The fourth-order valence-corrected chi connectivity index (χ4v) is 2.14. The Morgan fingerprint density at radius 3 is 2.69 bits per heavy atom. The van der Waals surface area contributed by atoms with Gasteiger partial charge in [0.05, 0.1) is 0 Å². The second-order valence-corrected chi connectivity index (χ2v) is 4.53. The summed E-state index contributed by atoms with van der Waals surface area (Å²) in [5.41, 5.74) is 2.57. The van der Waals surface area contributed by atoms with Crippen molar-refractivity contribution in [2.24, 2.45) is 11.3 Å². The van der Waals surface area contributed by atoms with Crippen LogP contribution in [0.5, 0.6) is 0 Å². The van der Waals surface area contributed by atoms with Gasteiger partial charge in [-0.25, -0.2) is 0 Å².